The van der Waals surface area contributed by atoms with Crippen LogP contribution in [-0.2, 0) is 79.9 Å². The summed E-state index contributed by atoms with van der Waals surface area (Å²) in [4.78, 5) is 198. The number of hydrogen-bond donors (Lipinski definition) is 6. The molecule has 0 aliphatic carbocycles. The summed E-state index contributed by atoms with van der Waals surface area (Å²) in [6.07, 6.45) is -0.241. The Morgan fingerprint density at radius 2 is 1.03 bits per heavy atom. The number of carbonyl (C=O) groups is 13. The normalized spacial score (nSPS) is 26.4. The summed E-state index contributed by atoms with van der Waals surface area (Å²) in [5, 5.41) is 24.6. The van der Waals surface area contributed by atoms with Gasteiger partial charge >= 0.3 is 0 Å². The highest BCUT2D eigenvalue weighted by molar-refractivity contribution is 6.00. The minimum atomic E-state index is -1.69. The molecule has 2 aromatic carbocycles. The zero-order chi connectivity index (χ0) is 74.7. The van der Waals surface area contributed by atoms with E-state index in [2.05, 4.69) is 26.6 Å². The molecule has 99 heavy (non-hydrogen) atoms. The van der Waals surface area contributed by atoms with Crippen LogP contribution >= 0.6 is 0 Å². The molecule has 0 saturated carbocycles. The molecule has 0 bridgehead atoms. The highest BCUT2D eigenvalue weighted by atomic mass is 16.5. The second kappa shape index (κ2) is 37.6. The first-order valence-corrected chi connectivity index (χ1v) is 34.2. The quantitative estimate of drug-likeness (QED) is 0.184. The van der Waals surface area contributed by atoms with E-state index in [4.69, 9.17) is 4.74 Å². The lowest BCUT2D eigenvalue weighted by Crippen LogP contribution is -2.62. The van der Waals surface area contributed by atoms with Gasteiger partial charge in [0.2, 0.25) is 76.8 Å². The van der Waals surface area contributed by atoms with E-state index in [0.29, 0.717) is 37.1 Å². The molecule has 2 heterocycles. The highest BCUT2D eigenvalue weighted by Crippen LogP contribution is 2.21. The molecule has 4 rings (SSSR count). The second-order valence-electron chi connectivity index (χ2n) is 28.2. The number of nitrogens with one attached hydrogen (secondary N) is 5. The van der Waals surface area contributed by atoms with Gasteiger partial charge in [-0.25, -0.2) is 0 Å². The molecule has 0 aromatic heterocycles. The van der Waals surface area contributed by atoms with E-state index in [1.165, 1.54) is 98.7 Å². The van der Waals surface area contributed by atoms with Crippen LogP contribution in [0, 0.1) is 11.8 Å². The molecule has 13 amide bonds. The lowest BCUT2D eigenvalue weighted by Gasteiger charge is -2.37. The third-order valence-electron chi connectivity index (χ3n) is 18.5. The van der Waals surface area contributed by atoms with Crippen molar-refractivity contribution < 1.29 is 72.2 Å². The largest absolute Gasteiger partial charge is 0.391 e. The van der Waals surface area contributed by atoms with Gasteiger partial charge in [0.05, 0.1) is 24.7 Å². The summed E-state index contributed by atoms with van der Waals surface area (Å²) in [6.45, 7) is 19.1. The first-order chi connectivity index (χ1) is 46.2. The van der Waals surface area contributed by atoms with E-state index in [1.807, 2.05) is 13.8 Å². The van der Waals surface area contributed by atoms with Crippen molar-refractivity contribution in [2.75, 3.05) is 75.6 Å². The summed E-state index contributed by atoms with van der Waals surface area (Å²) in [5.74, 6) is -10.5. The van der Waals surface area contributed by atoms with Crippen LogP contribution < -0.4 is 26.6 Å². The molecule has 550 valence electrons. The predicted octanol–water partition coefficient (Wildman–Crippen LogP) is 1.10. The van der Waals surface area contributed by atoms with Gasteiger partial charge in [-0.15, -0.1) is 0 Å². The summed E-state index contributed by atoms with van der Waals surface area (Å²) >= 11 is 0. The Labute approximate surface area is 584 Å². The number of likely N-dealkylation sites (N-methyl/N-ethyl adjacent to an activating group) is 6. The fourth-order valence-electron chi connectivity index (χ4n) is 11.7. The van der Waals surface area contributed by atoms with Gasteiger partial charge in [0.15, 0.2) is 0 Å². The molecular weight excluding hydrogens is 1270 g/mol. The Kier molecular flexibility index (Phi) is 31.5. The molecule has 0 unspecified atom stereocenters. The number of ether oxygens (including phenoxy) is 1. The number of likely N-dealkylation sites (tertiary alicyclic amines) is 1. The number of carbonyl (C=O) groups excluding carboxylic acids is 13. The van der Waals surface area contributed by atoms with Gasteiger partial charge < -0.3 is 75.6 Å². The van der Waals surface area contributed by atoms with Crippen LogP contribution in [0.2, 0.25) is 0 Å². The van der Waals surface area contributed by atoms with Crippen LogP contribution in [0.15, 0.2) is 60.7 Å². The van der Waals surface area contributed by atoms with Gasteiger partial charge in [0.1, 0.15) is 66.5 Å². The van der Waals surface area contributed by atoms with Gasteiger partial charge in [-0.05, 0) is 104 Å². The Morgan fingerprint density at radius 1 is 0.515 bits per heavy atom. The number of aliphatic hydroxyl groups is 1. The van der Waals surface area contributed by atoms with Crippen molar-refractivity contribution in [3.05, 3.63) is 71.8 Å². The lowest BCUT2D eigenvalue weighted by molar-refractivity contribution is -0.152. The van der Waals surface area contributed by atoms with E-state index in [9.17, 15) is 67.4 Å². The van der Waals surface area contributed by atoms with Gasteiger partial charge in [-0.2, -0.15) is 0 Å². The molecule has 2 saturated heterocycles. The Balaban J connectivity index is 1.84. The fraction of sp³-hybridized carbons (Fsp3) is 0.648. The van der Waals surface area contributed by atoms with Crippen LogP contribution in [-0.4, -0.2) is 275 Å². The van der Waals surface area contributed by atoms with Crippen LogP contribution in [0.5, 0.6) is 0 Å². The van der Waals surface area contributed by atoms with Crippen LogP contribution in [0.25, 0.3) is 0 Å². The number of benzene rings is 2. The van der Waals surface area contributed by atoms with Gasteiger partial charge in [0.25, 0.3) is 0 Å². The van der Waals surface area contributed by atoms with Gasteiger partial charge in [0, 0.05) is 88.2 Å². The average Bonchev–Trinajstić information content (AvgIpc) is 0.827. The van der Waals surface area contributed by atoms with E-state index < -0.39 is 174 Å². The number of aliphatic hydroxyl groups excluding tert-OH is 1. The highest BCUT2D eigenvalue weighted by Gasteiger charge is 2.43. The monoisotopic (exact) mass is 1390 g/mol. The molecule has 6 N–H and O–H groups in total. The Morgan fingerprint density at radius 3 is 1.56 bits per heavy atom. The molecule has 2 aromatic rings. The van der Waals surface area contributed by atoms with Gasteiger partial charge in [-0.3, -0.25) is 62.3 Å². The van der Waals surface area contributed by atoms with Gasteiger partial charge in [-0.1, -0.05) is 88.4 Å². The molecular formula is C71H111N13O15. The second-order valence-corrected chi connectivity index (χ2v) is 28.2. The summed E-state index contributed by atoms with van der Waals surface area (Å²) in [7, 11) is 9.54. The number of amides is 13. The molecule has 12 atom stereocenters. The van der Waals surface area contributed by atoms with Crippen molar-refractivity contribution in [1.82, 2.24) is 65.8 Å². The van der Waals surface area contributed by atoms with Crippen molar-refractivity contribution in [1.29, 1.82) is 0 Å². The Hall–Kier alpha value is -8.53. The molecule has 2 fully saturated rings. The van der Waals surface area contributed by atoms with Crippen LogP contribution in [0.1, 0.15) is 133 Å². The van der Waals surface area contributed by atoms with Crippen molar-refractivity contribution >= 4 is 76.8 Å². The minimum absolute atomic E-state index is 0.00266. The maximum absolute atomic E-state index is 15.0. The topological polar surface area (TPSA) is 337 Å². The molecule has 0 spiro atoms. The standard InChI is InChI=1S/C71H111N13O15/c1-42(2)37-55-69(97)79(15)46(7)61(89)76-58(48(9)85)70(98)80(16)47(8)66(94)83(19)59(43(3)4)64(92)75-53(41-99-71(10,11)12)62(90)74-52(68(96)84-34-27-22-28-35-84)40-57(87)77(13)36-33-56(86)81(17)54(39-50-31-25-21-26-32-50)63(91)72-44(5)65(93)78(14)45(6)60(88)73-51(67(95)82(55)18)38-49-29-23-20-24-30-49/h20-21,23-26,29-32,42-48,51-55,58-59,85H,22,27-28,33-41H2,1-19H3,(H,72,91)(H,73,88)(H,74,90)(H,75,92)(H,76,89)/t44-,45-,46-,47-,48+,51-,52-,53-,54-,55-,58-,59-/m0/s1. The third kappa shape index (κ3) is 23.6. The van der Waals surface area contributed by atoms with Crippen molar-refractivity contribution in [3.8, 4) is 0 Å². The van der Waals surface area contributed by atoms with Crippen LogP contribution in [0.3, 0.4) is 0 Å². The molecule has 2 aliphatic rings. The maximum Gasteiger partial charge on any atom is 0.248 e. The Bertz CT molecular complexity index is 3140. The number of piperidine rings is 1. The molecule has 28 heteroatoms. The number of nitrogens with zero attached hydrogens (tertiary/aromatic N) is 8. The average molecular weight is 1390 g/mol. The lowest BCUT2D eigenvalue weighted by atomic mass is 9.98. The first-order valence-electron chi connectivity index (χ1n) is 34.2. The van der Waals surface area contributed by atoms with Crippen LogP contribution in [0.4, 0.5) is 0 Å². The summed E-state index contributed by atoms with van der Waals surface area (Å²) in [6, 6.07) is 2.61. The minimum Gasteiger partial charge on any atom is -0.391 e. The smallest absolute Gasteiger partial charge is 0.248 e. The molecule has 28 nitrogen and oxygen atoms in total. The van der Waals surface area contributed by atoms with Crippen molar-refractivity contribution in [2.24, 2.45) is 11.8 Å². The zero-order valence-corrected chi connectivity index (χ0v) is 61.6. The number of rotatable bonds is 11. The first kappa shape index (κ1) is 82.9. The summed E-state index contributed by atoms with van der Waals surface area (Å²) < 4.78 is 6.06. The van der Waals surface area contributed by atoms with E-state index >= 15 is 0 Å². The van der Waals surface area contributed by atoms with E-state index in [-0.39, 0.29) is 38.1 Å². The summed E-state index contributed by atoms with van der Waals surface area (Å²) in [5.41, 5.74) is 0.443. The van der Waals surface area contributed by atoms with Crippen molar-refractivity contribution in [3.63, 3.8) is 0 Å². The molecule has 0 radical (unpaired) electrons. The van der Waals surface area contributed by atoms with Crippen molar-refractivity contribution in [2.45, 2.75) is 213 Å². The zero-order valence-electron chi connectivity index (χ0n) is 61.6. The van der Waals surface area contributed by atoms with E-state index in [0.717, 1.165) is 26.0 Å². The molecule has 2 aliphatic heterocycles. The predicted molar refractivity (Wildman–Crippen MR) is 371 cm³/mol. The number of hydrogen-bond acceptors (Lipinski definition) is 15. The maximum atomic E-state index is 15.0. The van der Waals surface area contributed by atoms with E-state index in [1.54, 1.807) is 100 Å². The SMILES string of the molecule is CC(C)C[C@H]1C(=O)N(C)[C@@H](C)C(=O)N[C@@H]([C@@H](C)O)C(=O)N(C)[C@@H](C)C(=O)N(C)[C@@H](C(C)C)C(=O)N[C@@H](COC(C)(C)C)C(=O)N[C@H](C(=O)N2CCCCC2)CC(=O)N(C)CCC(=O)N(C)[C@@H](Cc2ccccc2)C(=O)N[C@@H](C)C(=O)N(C)[C@@H](C)C(=O)N[C@@H](Cc2ccccc2)C(=O)N1C. The fourth-order valence-corrected chi connectivity index (χ4v) is 11.7. The third-order valence-corrected chi connectivity index (χ3v) is 18.5.